The highest BCUT2D eigenvalue weighted by Gasteiger charge is 2.38. The van der Waals surface area contributed by atoms with Gasteiger partial charge in [0.2, 0.25) is 5.91 Å². The summed E-state index contributed by atoms with van der Waals surface area (Å²) in [5, 5.41) is 3.01. The number of amides is 3. The minimum atomic E-state index is -0.623. The van der Waals surface area contributed by atoms with Crippen molar-refractivity contribution < 1.29 is 23.9 Å². The molecule has 3 aliphatic rings. The van der Waals surface area contributed by atoms with Crippen molar-refractivity contribution in [3.05, 3.63) is 41.1 Å². The molecule has 0 spiro atoms. The van der Waals surface area contributed by atoms with Gasteiger partial charge >= 0.3 is 12.0 Å². The van der Waals surface area contributed by atoms with Gasteiger partial charge in [0.25, 0.3) is 0 Å². The van der Waals surface area contributed by atoms with Crippen molar-refractivity contribution in [1.82, 2.24) is 20.0 Å². The van der Waals surface area contributed by atoms with E-state index >= 15 is 0 Å². The molecule has 2 heterocycles. The van der Waals surface area contributed by atoms with Gasteiger partial charge in [-0.2, -0.15) is 0 Å². The highest BCUT2D eigenvalue weighted by molar-refractivity contribution is 5.95. The Morgan fingerprint density at radius 3 is 2.38 bits per heavy atom. The predicted molar refractivity (Wildman–Crippen MR) is 140 cm³/mol. The number of nitrogens with zero attached hydrogens (tertiary/aromatic N) is 3. The molecule has 1 atom stereocenters. The van der Waals surface area contributed by atoms with Crippen LogP contribution in [0.2, 0.25) is 0 Å². The molecular formula is C28H40N4O5. The standard InChI is InChI=1S/C28H40N4O5/c1-4-32-23(19-30-15-8-16-31(18-17-30)26(33)21-9-6-7-10-21)24(27(34)37-5-2)25(29-28(32)35)20-11-13-22(36-3)14-12-20/h11-14,21,25H,4-10,15-19H2,1-3H3,(H,29,35). The third kappa shape index (κ3) is 6.09. The fourth-order valence-electron chi connectivity index (χ4n) is 5.70. The van der Waals surface area contributed by atoms with Crippen LogP contribution in [0.3, 0.4) is 0 Å². The molecule has 1 aromatic rings. The maximum atomic E-state index is 13.3. The van der Waals surface area contributed by atoms with E-state index in [-0.39, 0.29) is 24.5 Å². The van der Waals surface area contributed by atoms with Crippen LogP contribution in [-0.4, -0.2) is 85.6 Å². The Bertz CT molecular complexity index is 1000. The van der Waals surface area contributed by atoms with Gasteiger partial charge < -0.3 is 19.7 Å². The molecule has 202 valence electrons. The highest BCUT2D eigenvalue weighted by Crippen LogP contribution is 2.33. The Labute approximate surface area is 219 Å². The van der Waals surface area contributed by atoms with E-state index in [0.717, 1.165) is 50.8 Å². The first kappa shape index (κ1) is 27.0. The first-order valence-electron chi connectivity index (χ1n) is 13.6. The minimum Gasteiger partial charge on any atom is -0.497 e. The van der Waals surface area contributed by atoms with Gasteiger partial charge in [0.1, 0.15) is 5.75 Å². The molecular weight excluding hydrogens is 472 g/mol. The smallest absolute Gasteiger partial charge is 0.338 e. The Hall–Kier alpha value is -3.07. The number of rotatable bonds is 8. The summed E-state index contributed by atoms with van der Waals surface area (Å²) in [6.07, 6.45) is 5.15. The van der Waals surface area contributed by atoms with Gasteiger partial charge in [-0.1, -0.05) is 25.0 Å². The molecule has 0 radical (unpaired) electrons. The zero-order valence-electron chi connectivity index (χ0n) is 22.3. The highest BCUT2D eigenvalue weighted by atomic mass is 16.5. The van der Waals surface area contributed by atoms with Crippen LogP contribution < -0.4 is 10.1 Å². The molecule has 1 aromatic carbocycles. The maximum Gasteiger partial charge on any atom is 0.338 e. The first-order valence-corrected chi connectivity index (χ1v) is 13.6. The van der Waals surface area contributed by atoms with Gasteiger partial charge in [-0.05, 0) is 50.8 Å². The van der Waals surface area contributed by atoms with Crippen LogP contribution >= 0.6 is 0 Å². The lowest BCUT2D eigenvalue weighted by atomic mass is 9.94. The van der Waals surface area contributed by atoms with E-state index < -0.39 is 12.0 Å². The minimum absolute atomic E-state index is 0.174. The van der Waals surface area contributed by atoms with Gasteiger partial charge in [-0.3, -0.25) is 14.6 Å². The maximum absolute atomic E-state index is 13.3. The van der Waals surface area contributed by atoms with Crippen LogP contribution in [0.15, 0.2) is 35.5 Å². The molecule has 1 aliphatic carbocycles. The molecule has 9 heteroatoms. The third-order valence-corrected chi connectivity index (χ3v) is 7.68. The van der Waals surface area contributed by atoms with E-state index in [9.17, 15) is 14.4 Å². The number of hydrogen-bond acceptors (Lipinski definition) is 6. The largest absolute Gasteiger partial charge is 0.497 e. The van der Waals surface area contributed by atoms with Crippen LogP contribution in [0, 0.1) is 5.92 Å². The fourth-order valence-corrected chi connectivity index (χ4v) is 5.70. The number of ether oxygens (including phenoxy) is 2. The summed E-state index contributed by atoms with van der Waals surface area (Å²) in [6, 6.07) is 6.50. The SMILES string of the molecule is CCOC(=O)C1=C(CN2CCCN(C(=O)C3CCCC3)CC2)N(CC)C(=O)NC1c1ccc(OC)cc1. The molecule has 9 nitrogen and oxygen atoms in total. The van der Waals surface area contributed by atoms with Crippen LogP contribution in [-0.2, 0) is 14.3 Å². The number of esters is 1. The van der Waals surface area contributed by atoms with Crippen molar-refractivity contribution in [3.8, 4) is 5.75 Å². The average Bonchev–Trinajstić information content (AvgIpc) is 3.35. The second-order valence-electron chi connectivity index (χ2n) is 9.92. The van der Waals surface area contributed by atoms with Gasteiger partial charge in [-0.15, -0.1) is 0 Å². The normalized spacial score (nSPS) is 21.6. The topological polar surface area (TPSA) is 91.4 Å². The van der Waals surface area contributed by atoms with Crippen molar-refractivity contribution in [2.75, 3.05) is 53.0 Å². The summed E-state index contributed by atoms with van der Waals surface area (Å²) < 4.78 is 10.8. The first-order chi connectivity index (χ1) is 18.0. The van der Waals surface area contributed by atoms with Crippen LogP contribution in [0.1, 0.15) is 57.6 Å². The number of benzene rings is 1. The van der Waals surface area contributed by atoms with Crippen molar-refractivity contribution in [1.29, 1.82) is 0 Å². The van der Waals surface area contributed by atoms with E-state index in [4.69, 9.17) is 9.47 Å². The van der Waals surface area contributed by atoms with Crippen molar-refractivity contribution in [2.45, 2.75) is 52.0 Å². The van der Waals surface area contributed by atoms with Crippen LogP contribution in [0.4, 0.5) is 4.79 Å². The van der Waals surface area contributed by atoms with E-state index in [1.807, 2.05) is 36.1 Å². The lowest BCUT2D eigenvalue weighted by molar-refractivity contribution is -0.139. The predicted octanol–water partition coefficient (Wildman–Crippen LogP) is 3.32. The van der Waals surface area contributed by atoms with Crippen molar-refractivity contribution in [3.63, 3.8) is 0 Å². The van der Waals surface area contributed by atoms with E-state index in [2.05, 4.69) is 10.2 Å². The molecule has 4 rings (SSSR count). The van der Waals surface area contributed by atoms with Crippen molar-refractivity contribution in [2.24, 2.45) is 5.92 Å². The van der Waals surface area contributed by atoms with Gasteiger partial charge in [0.05, 0.1) is 25.3 Å². The summed E-state index contributed by atoms with van der Waals surface area (Å²) >= 11 is 0. The fraction of sp³-hybridized carbons (Fsp3) is 0.607. The van der Waals surface area contributed by atoms with Gasteiger partial charge in [0, 0.05) is 50.9 Å². The summed E-state index contributed by atoms with van der Waals surface area (Å²) in [5.74, 6) is 0.735. The van der Waals surface area contributed by atoms with Crippen LogP contribution in [0.25, 0.3) is 0 Å². The van der Waals surface area contributed by atoms with Crippen molar-refractivity contribution >= 4 is 17.9 Å². The number of methoxy groups -OCH3 is 1. The summed E-state index contributed by atoms with van der Waals surface area (Å²) in [6.45, 7) is 7.70. The Kier molecular flexibility index (Phi) is 9.08. The number of urea groups is 1. The number of carbonyl (C=O) groups excluding carboxylic acids is 3. The zero-order valence-corrected chi connectivity index (χ0v) is 22.3. The number of nitrogens with one attached hydrogen (secondary N) is 1. The van der Waals surface area contributed by atoms with E-state index in [1.54, 1.807) is 18.9 Å². The Balaban J connectivity index is 1.61. The molecule has 0 aromatic heterocycles. The average molecular weight is 513 g/mol. The second kappa shape index (κ2) is 12.4. The molecule has 1 N–H and O–H groups in total. The zero-order chi connectivity index (χ0) is 26.4. The summed E-state index contributed by atoms with van der Waals surface area (Å²) in [7, 11) is 1.60. The molecule has 2 fully saturated rings. The molecule has 2 aliphatic heterocycles. The monoisotopic (exact) mass is 512 g/mol. The lowest BCUT2D eigenvalue weighted by Crippen LogP contribution is -2.51. The van der Waals surface area contributed by atoms with Crippen LogP contribution in [0.5, 0.6) is 5.75 Å². The quantitative estimate of drug-likeness (QED) is 0.538. The Morgan fingerprint density at radius 1 is 1.00 bits per heavy atom. The molecule has 37 heavy (non-hydrogen) atoms. The van der Waals surface area contributed by atoms with E-state index in [0.29, 0.717) is 43.2 Å². The summed E-state index contributed by atoms with van der Waals surface area (Å²) in [5.41, 5.74) is 1.91. The number of carbonyl (C=O) groups is 3. The molecule has 1 saturated carbocycles. The van der Waals surface area contributed by atoms with E-state index in [1.165, 1.54) is 0 Å². The van der Waals surface area contributed by atoms with Gasteiger partial charge in [0.15, 0.2) is 0 Å². The number of hydrogen-bond donors (Lipinski definition) is 1. The second-order valence-corrected chi connectivity index (χ2v) is 9.92. The molecule has 1 saturated heterocycles. The van der Waals surface area contributed by atoms with Gasteiger partial charge in [-0.25, -0.2) is 9.59 Å². The third-order valence-electron chi connectivity index (χ3n) is 7.68. The summed E-state index contributed by atoms with van der Waals surface area (Å²) in [4.78, 5) is 45.4. The lowest BCUT2D eigenvalue weighted by Gasteiger charge is -2.38. The number of likely N-dealkylation sites (N-methyl/N-ethyl adjacent to an activating group) is 1. The molecule has 0 bridgehead atoms. The molecule has 3 amide bonds. The Morgan fingerprint density at radius 2 is 1.73 bits per heavy atom. The molecule has 1 unspecified atom stereocenters.